The Morgan fingerprint density at radius 1 is 0.259 bits per heavy atom. The molecule has 0 amide bonds. The van der Waals surface area contributed by atoms with Crippen molar-refractivity contribution in [1.82, 2.24) is 0 Å². The molecule has 0 aliphatic heterocycles. The van der Waals surface area contributed by atoms with Crippen LogP contribution in [0.4, 0.5) is 0 Å². The molecule has 0 spiro atoms. The summed E-state index contributed by atoms with van der Waals surface area (Å²) in [7, 11) is 0. The minimum Gasteiger partial charge on any atom is -0.462 e. The number of unbranched alkanes of at least 4 members (excludes halogenated alkanes) is 39. The van der Waals surface area contributed by atoms with Crippen LogP contribution in [0, 0.1) is 0 Å². The highest BCUT2D eigenvalue weighted by Crippen LogP contribution is 2.17. The van der Waals surface area contributed by atoms with Crippen molar-refractivity contribution in [1.29, 1.82) is 0 Å². The van der Waals surface area contributed by atoms with Gasteiger partial charge in [-0.3, -0.25) is 14.4 Å². The smallest absolute Gasteiger partial charge is 0.306 e. The summed E-state index contributed by atoms with van der Waals surface area (Å²) in [6, 6.07) is 0. The molecule has 0 aliphatic carbocycles. The lowest BCUT2D eigenvalue weighted by molar-refractivity contribution is -0.167. The minimum atomic E-state index is -0.782. The van der Waals surface area contributed by atoms with Gasteiger partial charge in [0.2, 0.25) is 0 Å². The summed E-state index contributed by atoms with van der Waals surface area (Å²) >= 11 is 0. The van der Waals surface area contributed by atoms with Gasteiger partial charge in [-0.15, -0.1) is 0 Å². The first-order valence-corrected chi connectivity index (χ1v) is 35.1. The van der Waals surface area contributed by atoms with Crippen LogP contribution in [0.3, 0.4) is 0 Å². The number of ether oxygens (including phenoxy) is 3. The Morgan fingerprint density at radius 2 is 0.481 bits per heavy atom. The van der Waals surface area contributed by atoms with E-state index in [0.717, 1.165) is 96.3 Å². The molecule has 0 aromatic rings. The molecular formula is C75H132O6. The van der Waals surface area contributed by atoms with Crippen LogP contribution in [0.1, 0.15) is 355 Å². The number of rotatable bonds is 64. The highest BCUT2D eigenvalue weighted by Gasteiger charge is 2.19. The van der Waals surface area contributed by atoms with Crippen LogP contribution in [0.5, 0.6) is 0 Å². The van der Waals surface area contributed by atoms with Gasteiger partial charge in [0.15, 0.2) is 6.10 Å². The third-order valence-electron chi connectivity index (χ3n) is 15.4. The van der Waals surface area contributed by atoms with Crippen molar-refractivity contribution >= 4 is 17.9 Å². The van der Waals surface area contributed by atoms with Crippen molar-refractivity contribution in [2.45, 2.75) is 361 Å². The molecule has 0 aromatic carbocycles. The summed E-state index contributed by atoms with van der Waals surface area (Å²) in [5.41, 5.74) is 0. The Hall–Kier alpha value is -3.41. The largest absolute Gasteiger partial charge is 0.462 e. The predicted molar refractivity (Wildman–Crippen MR) is 353 cm³/mol. The molecule has 0 aliphatic rings. The fraction of sp³-hybridized carbons (Fsp3) is 0.773. The van der Waals surface area contributed by atoms with Crippen molar-refractivity contribution in [3.63, 3.8) is 0 Å². The molecule has 0 saturated heterocycles. The van der Waals surface area contributed by atoms with Gasteiger partial charge in [0.25, 0.3) is 0 Å². The second kappa shape index (κ2) is 69.1. The Morgan fingerprint density at radius 3 is 0.778 bits per heavy atom. The van der Waals surface area contributed by atoms with Gasteiger partial charge in [-0.1, -0.05) is 305 Å². The van der Waals surface area contributed by atoms with Crippen LogP contribution in [-0.4, -0.2) is 37.2 Å². The first-order chi connectivity index (χ1) is 40.0. The molecule has 0 saturated carbocycles. The first kappa shape index (κ1) is 77.6. The van der Waals surface area contributed by atoms with Crippen LogP contribution in [0.2, 0.25) is 0 Å². The van der Waals surface area contributed by atoms with E-state index in [4.69, 9.17) is 14.2 Å². The van der Waals surface area contributed by atoms with E-state index in [1.54, 1.807) is 0 Å². The highest BCUT2D eigenvalue weighted by atomic mass is 16.6. The fourth-order valence-corrected chi connectivity index (χ4v) is 10.1. The van der Waals surface area contributed by atoms with Gasteiger partial charge in [-0.25, -0.2) is 0 Å². The van der Waals surface area contributed by atoms with Gasteiger partial charge in [-0.05, 0) is 116 Å². The van der Waals surface area contributed by atoms with E-state index in [9.17, 15) is 14.4 Å². The van der Waals surface area contributed by atoms with Crippen LogP contribution >= 0.6 is 0 Å². The van der Waals surface area contributed by atoms with E-state index < -0.39 is 6.10 Å². The molecule has 0 aromatic heterocycles. The summed E-state index contributed by atoms with van der Waals surface area (Å²) in [5, 5.41) is 0. The van der Waals surface area contributed by atoms with E-state index in [2.05, 4.69) is 106 Å². The van der Waals surface area contributed by atoms with Gasteiger partial charge in [-0.2, -0.15) is 0 Å². The van der Waals surface area contributed by atoms with E-state index in [0.29, 0.717) is 19.3 Å². The molecule has 0 rings (SSSR count). The van der Waals surface area contributed by atoms with Crippen molar-refractivity contribution in [2.24, 2.45) is 0 Å². The molecule has 468 valence electrons. The van der Waals surface area contributed by atoms with E-state index in [1.807, 2.05) is 0 Å². The minimum absolute atomic E-state index is 0.0776. The summed E-state index contributed by atoms with van der Waals surface area (Å²) in [5.74, 6) is -0.873. The molecule has 0 radical (unpaired) electrons. The van der Waals surface area contributed by atoms with E-state index in [-0.39, 0.29) is 31.1 Å². The third-order valence-corrected chi connectivity index (χ3v) is 15.4. The van der Waals surface area contributed by atoms with Crippen LogP contribution in [0.25, 0.3) is 0 Å². The molecule has 1 atom stereocenters. The quantitative estimate of drug-likeness (QED) is 0.0261. The van der Waals surface area contributed by atoms with Gasteiger partial charge in [0.1, 0.15) is 13.2 Å². The normalized spacial score (nSPS) is 12.6. The maximum Gasteiger partial charge on any atom is 0.306 e. The zero-order chi connectivity index (χ0) is 58.5. The topological polar surface area (TPSA) is 78.9 Å². The zero-order valence-corrected chi connectivity index (χ0v) is 53.8. The Kier molecular flexibility index (Phi) is 66.2. The Bertz CT molecular complexity index is 1530. The molecule has 6 heteroatoms. The zero-order valence-electron chi connectivity index (χ0n) is 53.8. The monoisotopic (exact) mass is 1130 g/mol. The molecule has 6 nitrogen and oxygen atoms in total. The van der Waals surface area contributed by atoms with Gasteiger partial charge >= 0.3 is 17.9 Å². The lowest BCUT2D eigenvalue weighted by Gasteiger charge is -2.18. The lowest BCUT2D eigenvalue weighted by atomic mass is 10.0. The molecule has 0 N–H and O–H groups in total. The Labute approximate surface area is 503 Å². The van der Waals surface area contributed by atoms with Crippen molar-refractivity contribution in [3.05, 3.63) is 85.1 Å². The molecule has 0 bridgehead atoms. The number of hydrogen-bond donors (Lipinski definition) is 0. The average molecular weight is 1130 g/mol. The highest BCUT2D eigenvalue weighted by molar-refractivity contribution is 5.71. The molecule has 81 heavy (non-hydrogen) atoms. The van der Waals surface area contributed by atoms with Gasteiger partial charge in [0, 0.05) is 19.3 Å². The summed E-state index contributed by atoms with van der Waals surface area (Å²) in [6.45, 7) is 6.54. The fourth-order valence-electron chi connectivity index (χ4n) is 10.1. The third kappa shape index (κ3) is 67.3. The van der Waals surface area contributed by atoms with Crippen LogP contribution < -0.4 is 0 Å². The summed E-state index contributed by atoms with van der Waals surface area (Å²) in [4.78, 5) is 38.4. The summed E-state index contributed by atoms with van der Waals surface area (Å²) < 4.78 is 17.0. The average Bonchev–Trinajstić information content (AvgIpc) is 3.46. The molecule has 0 heterocycles. The van der Waals surface area contributed by atoms with Gasteiger partial charge in [0.05, 0.1) is 0 Å². The number of allylic oxidation sites excluding steroid dienone is 14. The van der Waals surface area contributed by atoms with Crippen molar-refractivity contribution in [2.75, 3.05) is 13.2 Å². The number of carbonyl (C=O) groups is 3. The van der Waals surface area contributed by atoms with Gasteiger partial charge < -0.3 is 14.2 Å². The first-order valence-electron chi connectivity index (χ1n) is 35.1. The lowest BCUT2D eigenvalue weighted by Crippen LogP contribution is -2.30. The number of carbonyl (C=O) groups excluding carboxylic acids is 3. The maximum atomic E-state index is 12.9. The van der Waals surface area contributed by atoms with Crippen molar-refractivity contribution < 1.29 is 28.6 Å². The standard InChI is InChI=1S/C75H132O6/c1-4-7-10-13-16-19-22-25-27-29-31-33-34-35-36-37-38-39-40-42-43-45-47-50-53-56-59-62-65-68-74(77)80-71-72(70-79-73(76)67-64-61-58-55-52-49-24-21-18-15-12-9-6-3)81-75(78)69-66-63-60-57-54-51-48-46-44-41-32-30-28-26-23-20-17-14-11-8-5-2/h7,10,16,19,21,23-27,30-33,72H,4-6,8-9,11-15,17-18,20,22,28-29,34-71H2,1-3H3/b10-7-,19-16-,24-21-,26-23-,27-25-,32-30-,33-31-. The second-order valence-electron chi connectivity index (χ2n) is 23.4. The predicted octanol–water partition coefficient (Wildman–Crippen LogP) is 24.2. The van der Waals surface area contributed by atoms with Crippen LogP contribution in [0.15, 0.2) is 85.1 Å². The molecular weight excluding hydrogens is 997 g/mol. The van der Waals surface area contributed by atoms with E-state index >= 15 is 0 Å². The summed E-state index contributed by atoms with van der Waals surface area (Å²) in [6.07, 6.45) is 91.8. The Balaban J connectivity index is 4.24. The van der Waals surface area contributed by atoms with Crippen LogP contribution in [-0.2, 0) is 28.6 Å². The van der Waals surface area contributed by atoms with Crippen molar-refractivity contribution in [3.8, 4) is 0 Å². The molecule has 0 fully saturated rings. The van der Waals surface area contributed by atoms with E-state index in [1.165, 1.54) is 218 Å². The SMILES string of the molecule is CC/C=C\C/C=C\C/C=C\C/C=C\CCCCCCCCCCCCCCCCCCC(=O)OCC(COC(=O)CCCCCCC/C=C\CCCCCC)OC(=O)CCCCCCCCCCC/C=C\C/C=C\CCCCCCC. The maximum absolute atomic E-state index is 12.9. The number of hydrogen-bond acceptors (Lipinski definition) is 6. The number of esters is 3. The second-order valence-corrected chi connectivity index (χ2v) is 23.4. The molecule has 1 unspecified atom stereocenters.